The van der Waals surface area contributed by atoms with Crippen LogP contribution in [0.5, 0.6) is 5.75 Å². The number of ether oxygens (including phenoxy) is 1. The quantitative estimate of drug-likeness (QED) is 0.311. The molecule has 0 spiro atoms. The minimum Gasteiger partial charge on any atom is -0.497 e. The zero-order valence-corrected chi connectivity index (χ0v) is 19.1. The summed E-state index contributed by atoms with van der Waals surface area (Å²) in [7, 11) is 1.63. The third kappa shape index (κ3) is 4.57. The van der Waals surface area contributed by atoms with Crippen molar-refractivity contribution in [2.75, 3.05) is 12.4 Å². The monoisotopic (exact) mass is 501 g/mol. The first-order valence-corrected chi connectivity index (χ1v) is 10.6. The number of nitrogens with one attached hydrogen (secondary N) is 1. The van der Waals surface area contributed by atoms with Crippen LogP contribution in [-0.4, -0.2) is 17.1 Å². The predicted molar refractivity (Wildman–Crippen MR) is 123 cm³/mol. The van der Waals surface area contributed by atoms with E-state index in [2.05, 4.69) is 31.2 Å². The van der Waals surface area contributed by atoms with Gasteiger partial charge in [-0.05, 0) is 51.8 Å². The number of aromatic nitrogens is 2. The van der Waals surface area contributed by atoms with Crippen LogP contribution in [-0.2, 0) is 6.54 Å². The van der Waals surface area contributed by atoms with Crippen LogP contribution >= 0.6 is 27.5 Å². The number of aryl methyl sites for hydroxylation is 1. The van der Waals surface area contributed by atoms with Gasteiger partial charge in [-0.15, -0.1) is 0 Å². The highest BCUT2D eigenvalue weighted by Crippen LogP contribution is 2.39. The summed E-state index contributed by atoms with van der Waals surface area (Å²) in [5.74, 6) is 1.53. The molecule has 0 unspecified atom stereocenters. The molecular formula is C23H18BrClFN3O2. The largest absolute Gasteiger partial charge is 0.497 e. The van der Waals surface area contributed by atoms with Crippen LogP contribution in [0.4, 0.5) is 10.2 Å². The maximum atomic E-state index is 14.7. The van der Waals surface area contributed by atoms with E-state index < -0.39 is 5.82 Å². The molecule has 158 valence electrons. The Kier molecular flexibility index (Phi) is 6.25. The van der Waals surface area contributed by atoms with E-state index in [0.717, 1.165) is 15.8 Å². The van der Waals surface area contributed by atoms with E-state index in [1.54, 1.807) is 32.4 Å². The number of hydrogen-bond acceptors (Lipinski definition) is 5. The van der Waals surface area contributed by atoms with Crippen LogP contribution in [0, 0.1) is 12.7 Å². The number of methoxy groups -OCH3 is 1. The summed E-state index contributed by atoms with van der Waals surface area (Å²) in [5.41, 5.74) is 2.44. The van der Waals surface area contributed by atoms with Gasteiger partial charge in [0.15, 0.2) is 17.5 Å². The molecule has 31 heavy (non-hydrogen) atoms. The number of benzene rings is 2. The van der Waals surface area contributed by atoms with E-state index in [-0.39, 0.29) is 10.6 Å². The van der Waals surface area contributed by atoms with Gasteiger partial charge in [-0.1, -0.05) is 29.8 Å². The van der Waals surface area contributed by atoms with Crippen LogP contribution in [0.15, 0.2) is 63.6 Å². The highest BCUT2D eigenvalue weighted by Gasteiger charge is 2.22. The lowest BCUT2D eigenvalue weighted by Gasteiger charge is -2.12. The van der Waals surface area contributed by atoms with Gasteiger partial charge in [0, 0.05) is 29.7 Å². The topological polar surface area (TPSA) is 60.2 Å². The second-order valence-corrected chi connectivity index (χ2v) is 8.09. The molecule has 2 aromatic heterocycles. The number of pyridine rings is 1. The summed E-state index contributed by atoms with van der Waals surface area (Å²) < 4.78 is 26.5. The molecule has 4 rings (SSSR count). The normalized spacial score (nSPS) is 10.9. The lowest BCUT2D eigenvalue weighted by molar-refractivity contribution is 0.414. The first kappa shape index (κ1) is 21.3. The third-order valence-corrected chi connectivity index (χ3v) is 5.38. The first-order valence-electron chi connectivity index (χ1n) is 9.41. The molecule has 0 aliphatic rings. The molecular weight excluding hydrogens is 485 g/mol. The molecule has 5 nitrogen and oxygen atoms in total. The Morgan fingerprint density at radius 3 is 2.68 bits per heavy atom. The van der Waals surface area contributed by atoms with Crippen molar-refractivity contribution < 1.29 is 13.5 Å². The molecule has 4 aromatic rings. The van der Waals surface area contributed by atoms with Gasteiger partial charge in [-0.25, -0.2) is 14.4 Å². The average molecular weight is 503 g/mol. The van der Waals surface area contributed by atoms with Crippen molar-refractivity contribution in [2.45, 2.75) is 13.5 Å². The third-order valence-electron chi connectivity index (χ3n) is 4.66. The van der Waals surface area contributed by atoms with Gasteiger partial charge in [0.25, 0.3) is 0 Å². The molecule has 0 aliphatic heterocycles. The van der Waals surface area contributed by atoms with E-state index in [1.165, 1.54) is 6.07 Å². The summed E-state index contributed by atoms with van der Waals surface area (Å²) in [6.07, 6.45) is 1.69. The maximum Gasteiger partial charge on any atom is 0.192 e. The van der Waals surface area contributed by atoms with Crippen molar-refractivity contribution in [1.29, 1.82) is 0 Å². The van der Waals surface area contributed by atoms with Crippen molar-refractivity contribution in [1.82, 2.24) is 9.97 Å². The van der Waals surface area contributed by atoms with Gasteiger partial charge >= 0.3 is 0 Å². The zero-order valence-electron chi connectivity index (χ0n) is 16.7. The Bertz CT molecular complexity index is 1230. The molecule has 0 saturated heterocycles. The van der Waals surface area contributed by atoms with Gasteiger partial charge in [0.1, 0.15) is 17.3 Å². The lowest BCUT2D eigenvalue weighted by Crippen LogP contribution is -2.03. The zero-order chi connectivity index (χ0) is 22.0. The molecule has 0 saturated carbocycles. The van der Waals surface area contributed by atoms with Gasteiger partial charge in [-0.2, -0.15) is 0 Å². The molecule has 0 bridgehead atoms. The Labute approximate surface area is 192 Å². The van der Waals surface area contributed by atoms with Crippen molar-refractivity contribution in [3.8, 4) is 28.3 Å². The second-order valence-electron chi connectivity index (χ2n) is 6.76. The number of anilines is 1. The fourth-order valence-corrected chi connectivity index (χ4v) is 3.67. The van der Waals surface area contributed by atoms with E-state index >= 15 is 0 Å². The maximum absolute atomic E-state index is 14.7. The molecule has 8 heteroatoms. The van der Waals surface area contributed by atoms with Gasteiger partial charge < -0.3 is 14.5 Å². The first-order chi connectivity index (χ1) is 15.0. The number of rotatable bonds is 6. The molecule has 0 radical (unpaired) electrons. The van der Waals surface area contributed by atoms with Gasteiger partial charge in [-0.3, -0.25) is 0 Å². The van der Waals surface area contributed by atoms with E-state index in [9.17, 15) is 4.39 Å². The van der Waals surface area contributed by atoms with Crippen LogP contribution in [0.1, 0.15) is 11.5 Å². The number of nitrogens with zero attached hydrogens (tertiary/aromatic N) is 2. The predicted octanol–water partition coefficient (Wildman–Crippen LogP) is 6.89. The molecule has 2 aromatic carbocycles. The summed E-state index contributed by atoms with van der Waals surface area (Å²) in [5, 5.41) is 3.35. The Hall–Kier alpha value is -2.90. The van der Waals surface area contributed by atoms with Crippen LogP contribution in [0.25, 0.3) is 22.6 Å². The van der Waals surface area contributed by atoms with Crippen molar-refractivity contribution >= 4 is 33.3 Å². The Balaban J connectivity index is 1.73. The van der Waals surface area contributed by atoms with E-state index in [4.69, 9.17) is 20.8 Å². The smallest absolute Gasteiger partial charge is 0.192 e. The SMILES string of the molecule is COc1ccc(CNc2ncc(Br)cc2-c2nc(C)oc2-c2cccc(Cl)c2F)cc1. The fraction of sp³-hybridized carbons (Fsp3) is 0.130. The molecule has 0 aliphatic carbocycles. The fourth-order valence-electron chi connectivity index (χ4n) is 3.16. The number of halogens is 3. The Morgan fingerprint density at radius 2 is 1.94 bits per heavy atom. The standard InChI is InChI=1S/C23H18BrClFN3O2/c1-13-29-21(22(31-13)17-4-3-5-19(25)20(17)26)18-10-15(24)12-28-23(18)27-11-14-6-8-16(30-2)9-7-14/h3-10,12H,11H2,1-2H3,(H,27,28). The average Bonchev–Trinajstić information content (AvgIpc) is 3.16. The highest BCUT2D eigenvalue weighted by molar-refractivity contribution is 9.10. The lowest BCUT2D eigenvalue weighted by atomic mass is 10.1. The van der Waals surface area contributed by atoms with Crippen LogP contribution < -0.4 is 10.1 Å². The van der Waals surface area contributed by atoms with Crippen molar-refractivity contribution in [3.05, 3.63) is 81.5 Å². The van der Waals surface area contributed by atoms with E-state index in [1.807, 2.05) is 30.3 Å². The molecule has 1 N–H and O–H groups in total. The van der Waals surface area contributed by atoms with E-state index in [0.29, 0.717) is 35.3 Å². The van der Waals surface area contributed by atoms with Crippen LogP contribution in [0.2, 0.25) is 5.02 Å². The second kappa shape index (κ2) is 9.08. The summed E-state index contributed by atoms with van der Waals surface area (Å²) in [6, 6.07) is 14.4. The summed E-state index contributed by atoms with van der Waals surface area (Å²) >= 11 is 9.45. The molecule has 0 amide bonds. The van der Waals surface area contributed by atoms with Gasteiger partial charge in [0.05, 0.1) is 17.7 Å². The number of hydrogen-bond donors (Lipinski definition) is 1. The minimum atomic E-state index is -0.558. The Morgan fingerprint density at radius 1 is 1.16 bits per heavy atom. The highest BCUT2D eigenvalue weighted by atomic mass is 79.9. The van der Waals surface area contributed by atoms with Crippen LogP contribution in [0.3, 0.4) is 0 Å². The van der Waals surface area contributed by atoms with Crippen molar-refractivity contribution in [2.24, 2.45) is 0 Å². The summed E-state index contributed by atoms with van der Waals surface area (Å²) in [4.78, 5) is 9.02. The van der Waals surface area contributed by atoms with Crippen molar-refractivity contribution in [3.63, 3.8) is 0 Å². The number of oxazole rings is 1. The molecule has 2 heterocycles. The van der Waals surface area contributed by atoms with Gasteiger partial charge in [0.2, 0.25) is 0 Å². The molecule has 0 fully saturated rings. The minimum absolute atomic E-state index is 0.0164. The summed E-state index contributed by atoms with van der Waals surface area (Å²) in [6.45, 7) is 2.24. The molecule has 0 atom stereocenters.